The van der Waals surface area contributed by atoms with E-state index in [-0.39, 0.29) is 12.3 Å². The molecule has 0 aromatic heterocycles. The summed E-state index contributed by atoms with van der Waals surface area (Å²) in [5.41, 5.74) is -1.28. The molecule has 1 aliphatic heterocycles. The molecular formula is C11H19FN2O. The third-order valence-electron chi connectivity index (χ3n) is 3.15. The summed E-state index contributed by atoms with van der Waals surface area (Å²) in [6, 6.07) is 0.338. The van der Waals surface area contributed by atoms with Crippen molar-refractivity contribution in [3.8, 4) is 0 Å². The van der Waals surface area contributed by atoms with Crippen molar-refractivity contribution in [2.45, 2.75) is 50.2 Å². The van der Waals surface area contributed by atoms with E-state index in [1.54, 1.807) is 0 Å². The predicted molar refractivity (Wildman–Crippen MR) is 56.3 cm³/mol. The average Bonchev–Trinajstić information content (AvgIpc) is 2.94. The van der Waals surface area contributed by atoms with Gasteiger partial charge in [0.25, 0.3) is 0 Å². The fourth-order valence-corrected chi connectivity index (χ4v) is 2.06. The van der Waals surface area contributed by atoms with Crippen LogP contribution in [0.25, 0.3) is 0 Å². The van der Waals surface area contributed by atoms with Crippen molar-refractivity contribution in [2.75, 3.05) is 13.1 Å². The zero-order valence-electron chi connectivity index (χ0n) is 9.02. The number of alkyl halides is 1. The average molecular weight is 214 g/mol. The van der Waals surface area contributed by atoms with E-state index in [1.807, 2.05) is 0 Å². The lowest BCUT2D eigenvalue weighted by atomic mass is 9.93. The van der Waals surface area contributed by atoms with Gasteiger partial charge in [0.15, 0.2) is 0 Å². The first kappa shape index (κ1) is 10.9. The van der Waals surface area contributed by atoms with Crippen LogP contribution in [0.15, 0.2) is 0 Å². The summed E-state index contributed by atoms with van der Waals surface area (Å²) < 4.78 is 14.3. The van der Waals surface area contributed by atoms with Crippen molar-refractivity contribution >= 4 is 5.91 Å². The minimum atomic E-state index is -1.28. The standard InChI is InChI=1S/C11H19FN2O/c12-11(4-1-6-13-7-5-11)8-10(15)14-9-2-3-9/h9,13H,1-8H2,(H,14,15). The maximum atomic E-state index is 14.3. The highest BCUT2D eigenvalue weighted by Crippen LogP contribution is 2.28. The Hall–Kier alpha value is -0.640. The van der Waals surface area contributed by atoms with Crippen LogP contribution in [0.3, 0.4) is 0 Å². The molecule has 86 valence electrons. The number of rotatable bonds is 3. The summed E-state index contributed by atoms with van der Waals surface area (Å²) in [5.74, 6) is -0.109. The Balaban J connectivity index is 1.80. The Morgan fingerprint density at radius 1 is 1.40 bits per heavy atom. The van der Waals surface area contributed by atoms with Gasteiger partial charge < -0.3 is 10.6 Å². The van der Waals surface area contributed by atoms with Gasteiger partial charge in [-0.05, 0) is 45.2 Å². The van der Waals surface area contributed by atoms with Gasteiger partial charge in [0.05, 0.1) is 6.42 Å². The molecule has 1 heterocycles. The highest BCUT2D eigenvalue weighted by molar-refractivity contribution is 5.77. The van der Waals surface area contributed by atoms with Crippen molar-refractivity contribution in [2.24, 2.45) is 0 Å². The zero-order valence-corrected chi connectivity index (χ0v) is 9.02. The minimum absolute atomic E-state index is 0.0468. The number of carbonyl (C=O) groups excluding carboxylic acids is 1. The van der Waals surface area contributed by atoms with Crippen molar-refractivity contribution in [3.05, 3.63) is 0 Å². The van der Waals surface area contributed by atoms with E-state index in [9.17, 15) is 9.18 Å². The van der Waals surface area contributed by atoms with E-state index in [0.29, 0.717) is 25.4 Å². The topological polar surface area (TPSA) is 41.1 Å². The maximum absolute atomic E-state index is 14.3. The molecule has 0 spiro atoms. The van der Waals surface area contributed by atoms with E-state index in [4.69, 9.17) is 0 Å². The summed E-state index contributed by atoms with van der Waals surface area (Å²) in [6.45, 7) is 1.56. The summed E-state index contributed by atoms with van der Waals surface area (Å²) in [4.78, 5) is 11.5. The summed E-state index contributed by atoms with van der Waals surface area (Å²) >= 11 is 0. The first-order valence-corrected chi connectivity index (χ1v) is 5.87. The second-order valence-corrected chi connectivity index (χ2v) is 4.77. The van der Waals surface area contributed by atoms with Crippen LogP contribution in [-0.2, 0) is 4.79 Å². The van der Waals surface area contributed by atoms with Crippen LogP contribution in [0.2, 0.25) is 0 Å². The molecule has 2 rings (SSSR count). The number of nitrogens with one attached hydrogen (secondary N) is 2. The summed E-state index contributed by atoms with van der Waals surface area (Å²) in [5, 5.41) is 6.00. The second kappa shape index (κ2) is 4.47. The molecule has 1 saturated carbocycles. The Kier molecular flexibility index (Phi) is 3.24. The largest absolute Gasteiger partial charge is 0.353 e. The zero-order chi connectivity index (χ0) is 10.7. The van der Waals surface area contributed by atoms with Crippen LogP contribution in [-0.4, -0.2) is 30.7 Å². The van der Waals surface area contributed by atoms with Crippen LogP contribution in [0, 0.1) is 0 Å². The summed E-state index contributed by atoms with van der Waals surface area (Å²) in [6.07, 6.45) is 3.97. The Morgan fingerprint density at radius 3 is 2.93 bits per heavy atom. The second-order valence-electron chi connectivity index (χ2n) is 4.77. The maximum Gasteiger partial charge on any atom is 0.223 e. The van der Waals surface area contributed by atoms with Crippen molar-refractivity contribution in [3.63, 3.8) is 0 Å². The molecule has 2 fully saturated rings. The molecule has 1 aliphatic carbocycles. The summed E-state index contributed by atoms with van der Waals surface area (Å²) in [7, 11) is 0. The first-order chi connectivity index (χ1) is 7.18. The molecule has 1 amide bonds. The molecule has 0 aromatic rings. The van der Waals surface area contributed by atoms with Gasteiger partial charge in [0.1, 0.15) is 5.67 Å². The molecule has 0 bridgehead atoms. The number of carbonyl (C=O) groups is 1. The van der Waals surface area contributed by atoms with Gasteiger partial charge in [-0.2, -0.15) is 0 Å². The van der Waals surface area contributed by atoms with E-state index in [1.165, 1.54) is 0 Å². The highest BCUT2D eigenvalue weighted by atomic mass is 19.1. The smallest absolute Gasteiger partial charge is 0.223 e. The molecule has 1 unspecified atom stereocenters. The van der Waals surface area contributed by atoms with E-state index >= 15 is 0 Å². The number of halogens is 1. The predicted octanol–water partition coefficient (Wildman–Crippen LogP) is 1.14. The number of amides is 1. The lowest BCUT2D eigenvalue weighted by Crippen LogP contribution is -2.35. The lowest BCUT2D eigenvalue weighted by Gasteiger charge is -2.22. The van der Waals surface area contributed by atoms with Crippen molar-refractivity contribution in [1.82, 2.24) is 10.6 Å². The number of hydrogen-bond acceptors (Lipinski definition) is 2. The molecule has 1 atom stereocenters. The van der Waals surface area contributed by atoms with Crippen LogP contribution in [0.1, 0.15) is 38.5 Å². The van der Waals surface area contributed by atoms with Crippen molar-refractivity contribution < 1.29 is 9.18 Å². The molecular weight excluding hydrogens is 195 g/mol. The molecule has 2 N–H and O–H groups in total. The minimum Gasteiger partial charge on any atom is -0.353 e. The van der Waals surface area contributed by atoms with Gasteiger partial charge in [-0.25, -0.2) is 4.39 Å². The normalized spacial score (nSPS) is 32.1. The Labute approximate surface area is 89.8 Å². The van der Waals surface area contributed by atoms with Crippen LogP contribution >= 0.6 is 0 Å². The van der Waals surface area contributed by atoms with E-state index in [0.717, 1.165) is 25.8 Å². The van der Waals surface area contributed by atoms with Gasteiger partial charge in [0, 0.05) is 6.04 Å². The third-order valence-corrected chi connectivity index (χ3v) is 3.15. The van der Waals surface area contributed by atoms with E-state index < -0.39 is 5.67 Å². The van der Waals surface area contributed by atoms with Gasteiger partial charge in [-0.3, -0.25) is 4.79 Å². The SMILES string of the molecule is O=C(CC1(F)CCCNCC1)NC1CC1. The molecule has 3 nitrogen and oxygen atoms in total. The monoisotopic (exact) mass is 214 g/mol. The van der Waals surface area contributed by atoms with Gasteiger partial charge >= 0.3 is 0 Å². The van der Waals surface area contributed by atoms with Gasteiger partial charge in [-0.15, -0.1) is 0 Å². The number of hydrogen-bond donors (Lipinski definition) is 2. The van der Waals surface area contributed by atoms with Crippen LogP contribution in [0.5, 0.6) is 0 Å². The first-order valence-electron chi connectivity index (χ1n) is 5.87. The third kappa shape index (κ3) is 3.45. The lowest BCUT2D eigenvalue weighted by molar-refractivity contribution is -0.124. The quantitative estimate of drug-likeness (QED) is 0.739. The van der Waals surface area contributed by atoms with Gasteiger partial charge in [-0.1, -0.05) is 0 Å². The molecule has 0 radical (unpaired) electrons. The fraction of sp³-hybridized carbons (Fsp3) is 0.909. The van der Waals surface area contributed by atoms with Crippen molar-refractivity contribution in [1.29, 1.82) is 0 Å². The Morgan fingerprint density at radius 2 is 2.20 bits per heavy atom. The van der Waals surface area contributed by atoms with Gasteiger partial charge in [0.2, 0.25) is 5.91 Å². The Bertz CT molecular complexity index is 233. The van der Waals surface area contributed by atoms with Crippen LogP contribution in [0.4, 0.5) is 4.39 Å². The molecule has 4 heteroatoms. The highest BCUT2D eigenvalue weighted by Gasteiger charge is 2.34. The molecule has 1 saturated heterocycles. The molecule has 15 heavy (non-hydrogen) atoms. The van der Waals surface area contributed by atoms with Crippen LogP contribution < -0.4 is 10.6 Å². The fourth-order valence-electron chi connectivity index (χ4n) is 2.06. The molecule has 0 aromatic carbocycles. The molecule has 2 aliphatic rings. The van der Waals surface area contributed by atoms with E-state index in [2.05, 4.69) is 10.6 Å².